The average Bonchev–Trinajstić information content (AvgIpc) is 2.29. The lowest BCUT2D eigenvalue weighted by Gasteiger charge is -2.32. The van der Waals surface area contributed by atoms with Crippen LogP contribution in [-0.4, -0.2) is 18.5 Å². The first-order valence-electron chi connectivity index (χ1n) is 5.95. The van der Waals surface area contributed by atoms with Crippen LogP contribution in [0.15, 0.2) is 0 Å². The van der Waals surface area contributed by atoms with Crippen LogP contribution in [0.2, 0.25) is 0 Å². The summed E-state index contributed by atoms with van der Waals surface area (Å²) in [5, 5.41) is 9.27. The minimum atomic E-state index is -0.728. The molecule has 0 aromatic heterocycles. The number of ether oxygens (including phenoxy) is 1. The van der Waals surface area contributed by atoms with Crippen molar-refractivity contribution >= 4 is 5.78 Å². The SMILES string of the molecule is COC(C)(C)CCC1(C#N)CCCCC1=O. The summed E-state index contributed by atoms with van der Waals surface area (Å²) in [5.41, 5.74) is -0.977. The average molecular weight is 223 g/mol. The van der Waals surface area contributed by atoms with Crippen molar-refractivity contribution in [3.05, 3.63) is 0 Å². The van der Waals surface area contributed by atoms with Gasteiger partial charge in [0.15, 0.2) is 5.78 Å². The van der Waals surface area contributed by atoms with Gasteiger partial charge in [0.25, 0.3) is 0 Å². The molecule has 16 heavy (non-hydrogen) atoms. The number of ketones is 1. The summed E-state index contributed by atoms with van der Waals surface area (Å²) < 4.78 is 5.33. The molecule has 0 amide bonds. The van der Waals surface area contributed by atoms with Gasteiger partial charge in [-0.3, -0.25) is 4.79 Å². The highest BCUT2D eigenvalue weighted by Gasteiger charge is 2.40. The summed E-state index contributed by atoms with van der Waals surface area (Å²) in [4.78, 5) is 11.9. The Labute approximate surface area is 97.8 Å². The van der Waals surface area contributed by atoms with E-state index in [-0.39, 0.29) is 11.4 Å². The van der Waals surface area contributed by atoms with E-state index in [2.05, 4.69) is 6.07 Å². The van der Waals surface area contributed by atoms with E-state index in [1.165, 1.54) is 0 Å². The van der Waals surface area contributed by atoms with Gasteiger partial charge >= 0.3 is 0 Å². The molecule has 1 unspecified atom stereocenters. The molecule has 0 aliphatic heterocycles. The summed E-state index contributed by atoms with van der Waals surface area (Å²) in [6.45, 7) is 3.98. The van der Waals surface area contributed by atoms with Crippen LogP contribution in [0.4, 0.5) is 0 Å². The molecular formula is C13H21NO2. The van der Waals surface area contributed by atoms with Crippen molar-refractivity contribution in [1.82, 2.24) is 0 Å². The van der Waals surface area contributed by atoms with E-state index in [0.29, 0.717) is 12.8 Å². The Balaban J connectivity index is 2.68. The molecule has 90 valence electrons. The van der Waals surface area contributed by atoms with Crippen molar-refractivity contribution in [2.45, 2.75) is 58.0 Å². The molecule has 0 N–H and O–H groups in total. The molecule has 1 aliphatic carbocycles. The van der Waals surface area contributed by atoms with E-state index < -0.39 is 5.41 Å². The van der Waals surface area contributed by atoms with Gasteiger partial charge in [0.05, 0.1) is 11.7 Å². The predicted octanol–water partition coefficient (Wildman–Crippen LogP) is 2.84. The maximum Gasteiger partial charge on any atom is 0.153 e. The third kappa shape index (κ3) is 2.82. The molecule has 0 bridgehead atoms. The summed E-state index contributed by atoms with van der Waals surface area (Å²) in [5.74, 6) is 0.133. The molecule has 0 aromatic rings. The molecule has 1 fully saturated rings. The van der Waals surface area contributed by atoms with Crippen LogP contribution in [0.25, 0.3) is 0 Å². The van der Waals surface area contributed by atoms with Gasteiger partial charge in [-0.15, -0.1) is 0 Å². The van der Waals surface area contributed by atoms with Crippen LogP contribution >= 0.6 is 0 Å². The van der Waals surface area contributed by atoms with E-state index in [0.717, 1.165) is 25.7 Å². The second kappa shape index (κ2) is 4.97. The van der Waals surface area contributed by atoms with Gasteiger partial charge in [0.1, 0.15) is 5.41 Å². The quantitative estimate of drug-likeness (QED) is 0.736. The highest BCUT2D eigenvalue weighted by molar-refractivity contribution is 5.88. The van der Waals surface area contributed by atoms with Crippen molar-refractivity contribution in [3.63, 3.8) is 0 Å². The van der Waals surface area contributed by atoms with E-state index in [1.54, 1.807) is 7.11 Å². The number of carbonyl (C=O) groups excluding carboxylic acids is 1. The van der Waals surface area contributed by atoms with Gasteiger partial charge in [0, 0.05) is 13.5 Å². The molecule has 1 atom stereocenters. The Morgan fingerprint density at radius 1 is 1.50 bits per heavy atom. The molecule has 0 saturated heterocycles. The Kier molecular flexibility index (Phi) is 4.09. The van der Waals surface area contributed by atoms with Crippen LogP contribution in [0.5, 0.6) is 0 Å². The first-order valence-corrected chi connectivity index (χ1v) is 5.95. The molecule has 0 heterocycles. The number of methoxy groups -OCH3 is 1. The standard InChI is InChI=1S/C13H21NO2/c1-12(2,16-3)8-9-13(10-14)7-5-4-6-11(13)15/h4-9H2,1-3H3. The molecule has 3 nitrogen and oxygen atoms in total. The van der Waals surface area contributed by atoms with Gasteiger partial charge in [0.2, 0.25) is 0 Å². The van der Waals surface area contributed by atoms with Gasteiger partial charge in [-0.05, 0) is 39.5 Å². The first-order chi connectivity index (χ1) is 7.46. The van der Waals surface area contributed by atoms with Gasteiger partial charge in [-0.25, -0.2) is 0 Å². The summed E-state index contributed by atoms with van der Waals surface area (Å²) in [7, 11) is 1.67. The number of hydrogen-bond acceptors (Lipinski definition) is 3. The second-order valence-electron chi connectivity index (χ2n) is 5.29. The highest BCUT2D eigenvalue weighted by Crippen LogP contribution is 2.38. The van der Waals surface area contributed by atoms with Gasteiger partial charge in [-0.1, -0.05) is 6.42 Å². The number of carbonyl (C=O) groups is 1. The van der Waals surface area contributed by atoms with E-state index >= 15 is 0 Å². The predicted molar refractivity (Wildman–Crippen MR) is 61.8 cm³/mol. The van der Waals surface area contributed by atoms with Crippen molar-refractivity contribution in [1.29, 1.82) is 5.26 Å². The van der Waals surface area contributed by atoms with Crippen LogP contribution in [-0.2, 0) is 9.53 Å². The third-order valence-corrected chi connectivity index (χ3v) is 3.71. The second-order valence-corrected chi connectivity index (χ2v) is 5.29. The number of rotatable bonds is 4. The molecule has 1 rings (SSSR count). The van der Waals surface area contributed by atoms with E-state index in [9.17, 15) is 10.1 Å². The topological polar surface area (TPSA) is 50.1 Å². The van der Waals surface area contributed by atoms with Crippen LogP contribution < -0.4 is 0 Å². The highest BCUT2D eigenvalue weighted by atomic mass is 16.5. The number of nitrogens with zero attached hydrogens (tertiary/aromatic N) is 1. The fourth-order valence-corrected chi connectivity index (χ4v) is 2.15. The van der Waals surface area contributed by atoms with E-state index in [1.807, 2.05) is 13.8 Å². The Morgan fingerprint density at radius 2 is 2.19 bits per heavy atom. The molecular weight excluding hydrogens is 202 g/mol. The zero-order chi connectivity index (χ0) is 12.2. The van der Waals surface area contributed by atoms with Crippen LogP contribution in [0.1, 0.15) is 52.4 Å². The Morgan fingerprint density at radius 3 is 2.69 bits per heavy atom. The van der Waals surface area contributed by atoms with Crippen molar-refractivity contribution in [3.8, 4) is 6.07 Å². The van der Waals surface area contributed by atoms with E-state index in [4.69, 9.17) is 4.74 Å². The third-order valence-electron chi connectivity index (χ3n) is 3.71. The smallest absolute Gasteiger partial charge is 0.153 e. The largest absolute Gasteiger partial charge is 0.379 e. The van der Waals surface area contributed by atoms with Gasteiger partial charge in [-0.2, -0.15) is 5.26 Å². The Hall–Kier alpha value is -0.880. The zero-order valence-electron chi connectivity index (χ0n) is 10.5. The lowest BCUT2D eigenvalue weighted by molar-refractivity contribution is -0.129. The monoisotopic (exact) mass is 223 g/mol. The molecule has 0 aromatic carbocycles. The summed E-state index contributed by atoms with van der Waals surface area (Å²) in [6.07, 6.45) is 4.61. The summed E-state index contributed by atoms with van der Waals surface area (Å²) >= 11 is 0. The summed E-state index contributed by atoms with van der Waals surface area (Å²) in [6, 6.07) is 2.26. The van der Waals surface area contributed by atoms with Crippen molar-refractivity contribution < 1.29 is 9.53 Å². The number of Topliss-reactive ketones (excluding diaryl/α,β-unsaturated/α-hetero) is 1. The van der Waals surface area contributed by atoms with Crippen molar-refractivity contribution in [2.24, 2.45) is 5.41 Å². The van der Waals surface area contributed by atoms with Crippen molar-refractivity contribution in [2.75, 3.05) is 7.11 Å². The minimum absolute atomic E-state index is 0.133. The Bertz CT molecular complexity index is 304. The fraction of sp³-hybridized carbons (Fsp3) is 0.846. The van der Waals surface area contributed by atoms with Crippen LogP contribution in [0, 0.1) is 16.7 Å². The van der Waals surface area contributed by atoms with Crippen LogP contribution in [0.3, 0.4) is 0 Å². The molecule has 3 heteroatoms. The number of nitriles is 1. The normalized spacial score (nSPS) is 26.5. The molecule has 0 radical (unpaired) electrons. The zero-order valence-corrected chi connectivity index (χ0v) is 10.5. The number of hydrogen-bond donors (Lipinski definition) is 0. The molecule has 1 saturated carbocycles. The lowest BCUT2D eigenvalue weighted by atomic mass is 9.70. The molecule has 0 spiro atoms. The fourth-order valence-electron chi connectivity index (χ4n) is 2.15. The van der Waals surface area contributed by atoms with Gasteiger partial charge < -0.3 is 4.74 Å². The lowest BCUT2D eigenvalue weighted by Crippen LogP contribution is -2.35. The first kappa shape index (κ1) is 13.2. The maximum atomic E-state index is 11.9. The molecule has 1 aliphatic rings. The minimum Gasteiger partial charge on any atom is -0.379 e. The maximum absolute atomic E-state index is 11.9.